The summed E-state index contributed by atoms with van der Waals surface area (Å²) in [5.74, 6) is 1.67. The Bertz CT molecular complexity index is 843. The summed E-state index contributed by atoms with van der Waals surface area (Å²) in [7, 11) is 0. The summed E-state index contributed by atoms with van der Waals surface area (Å²) < 4.78 is 0. The van der Waals surface area contributed by atoms with Gasteiger partial charge in [0.2, 0.25) is 5.91 Å². The molecule has 0 radical (unpaired) electrons. The highest BCUT2D eigenvalue weighted by Gasteiger charge is 2.56. The van der Waals surface area contributed by atoms with Crippen LogP contribution in [0.15, 0.2) is 24.3 Å². The number of carbonyl (C=O) groups is 3. The number of hydrogen-bond acceptors (Lipinski definition) is 3. The van der Waals surface area contributed by atoms with Crippen molar-refractivity contribution in [2.45, 2.75) is 70.8 Å². The SMILES string of the molecule is CCc1ccc(C(=O)NNC(=O)C2CCCN2C(=O)C23CC4CC(CC(C4)C2)C3)cc1. The van der Waals surface area contributed by atoms with Crippen molar-refractivity contribution in [1.82, 2.24) is 15.8 Å². The molecule has 31 heavy (non-hydrogen) atoms. The van der Waals surface area contributed by atoms with Gasteiger partial charge in [0.25, 0.3) is 11.8 Å². The van der Waals surface area contributed by atoms with Crippen molar-refractivity contribution in [1.29, 1.82) is 0 Å². The van der Waals surface area contributed by atoms with Crippen LogP contribution >= 0.6 is 0 Å². The van der Waals surface area contributed by atoms with Crippen molar-refractivity contribution in [3.05, 3.63) is 35.4 Å². The second kappa shape index (κ2) is 7.95. The summed E-state index contributed by atoms with van der Waals surface area (Å²) in [4.78, 5) is 40.8. The van der Waals surface area contributed by atoms with Crippen LogP contribution in [0.3, 0.4) is 0 Å². The fourth-order valence-corrected chi connectivity index (χ4v) is 7.13. The molecule has 1 atom stereocenters. The van der Waals surface area contributed by atoms with Gasteiger partial charge in [-0.25, -0.2) is 0 Å². The maximum Gasteiger partial charge on any atom is 0.269 e. The summed E-state index contributed by atoms with van der Waals surface area (Å²) >= 11 is 0. The van der Waals surface area contributed by atoms with E-state index >= 15 is 0 Å². The minimum Gasteiger partial charge on any atom is -0.330 e. The number of nitrogens with zero attached hydrogens (tertiary/aromatic N) is 1. The van der Waals surface area contributed by atoms with E-state index < -0.39 is 6.04 Å². The van der Waals surface area contributed by atoms with Gasteiger partial charge in [0.05, 0.1) is 5.41 Å². The first-order chi connectivity index (χ1) is 15.0. The van der Waals surface area contributed by atoms with E-state index in [-0.39, 0.29) is 23.1 Å². The third-order valence-corrected chi connectivity index (χ3v) is 8.23. The van der Waals surface area contributed by atoms with Gasteiger partial charge in [-0.05, 0) is 93.2 Å². The van der Waals surface area contributed by atoms with Crippen LogP contribution in [0.4, 0.5) is 0 Å². The molecule has 1 aliphatic heterocycles. The molecule has 4 aliphatic carbocycles. The summed E-state index contributed by atoms with van der Waals surface area (Å²) in [6.45, 7) is 2.71. The van der Waals surface area contributed by atoms with Gasteiger partial charge in [-0.3, -0.25) is 25.2 Å². The van der Waals surface area contributed by atoms with Crippen LogP contribution in [0.25, 0.3) is 0 Å². The van der Waals surface area contributed by atoms with Gasteiger partial charge in [0, 0.05) is 12.1 Å². The maximum atomic E-state index is 13.7. The molecule has 3 amide bonds. The van der Waals surface area contributed by atoms with Crippen molar-refractivity contribution in [3.8, 4) is 0 Å². The average molecular weight is 424 g/mol. The largest absolute Gasteiger partial charge is 0.330 e. The minimum atomic E-state index is -0.483. The molecule has 5 fully saturated rings. The van der Waals surface area contributed by atoms with Crippen LogP contribution in [-0.4, -0.2) is 35.2 Å². The third-order valence-electron chi connectivity index (χ3n) is 8.23. The number of benzene rings is 1. The molecule has 1 aromatic carbocycles. The smallest absolute Gasteiger partial charge is 0.269 e. The van der Waals surface area contributed by atoms with Gasteiger partial charge in [-0.2, -0.15) is 0 Å². The van der Waals surface area contributed by atoms with Crippen LogP contribution in [-0.2, 0) is 16.0 Å². The Morgan fingerprint density at radius 2 is 1.58 bits per heavy atom. The zero-order valence-corrected chi connectivity index (χ0v) is 18.4. The van der Waals surface area contributed by atoms with Crippen LogP contribution in [0.5, 0.6) is 0 Å². The first-order valence-corrected chi connectivity index (χ1v) is 12.0. The van der Waals surface area contributed by atoms with Crippen molar-refractivity contribution in [3.63, 3.8) is 0 Å². The molecular weight excluding hydrogens is 390 g/mol. The molecule has 1 heterocycles. The molecule has 6 nitrogen and oxygen atoms in total. The molecule has 4 saturated carbocycles. The third kappa shape index (κ3) is 3.74. The molecule has 166 valence electrons. The first-order valence-electron chi connectivity index (χ1n) is 12.0. The van der Waals surface area contributed by atoms with E-state index in [1.807, 2.05) is 17.0 Å². The van der Waals surface area contributed by atoms with Crippen LogP contribution in [0, 0.1) is 23.2 Å². The predicted octanol–water partition coefficient (Wildman–Crippen LogP) is 3.22. The zero-order chi connectivity index (χ0) is 21.6. The highest BCUT2D eigenvalue weighted by Crippen LogP contribution is 2.60. The number of aryl methyl sites for hydroxylation is 1. The summed E-state index contributed by atoms with van der Waals surface area (Å²) in [5.41, 5.74) is 6.54. The Kier molecular flexibility index (Phi) is 5.27. The summed E-state index contributed by atoms with van der Waals surface area (Å²) in [6.07, 6.45) is 9.31. The number of amides is 3. The molecule has 0 aromatic heterocycles. The van der Waals surface area contributed by atoms with E-state index in [0.29, 0.717) is 36.3 Å². The Hall–Kier alpha value is -2.37. The molecule has 2 N–H and O–H groups in total. The predicted molar refractivity (Wildman–Crippen MR) is 117 cm³/mol. The molecule has 5 aliphatic rings. The van der Waals surface area contributed by atoms with Crippen molar-refractivity contribution < 1.29 is 14.4 Å². The lowest BCUT2D eigenvalue weighted by molar-refractivity contribution is -0.160. The average Bonchev–Trinajstić information content (AvgIpc) is 3.25. The number of likely N-dealkylation sites (tertiary alicyclic amines) is 1. The molecule has 6 rings (SSSR count). The number of rotatable bonds is 4. The van der Waals surface area contributed by atoms with Gasteiger partial charge >= 0.3 is 0 Å². The maximum absolute atomic E-state index is 13.7. The molecular formula is C25H33N3O3. The van der Waals surface area contributed by atoms with Gasteiger partial charge < -0.3 is 4.90 Å². The standard InChI is InChI=1S/C25H33N3O3/c1-2-16-5-7-20(8-6-16)22(29)26-27-23(30)21-4-3-9-28(21)24(31)25-13-17-10-18(14-25)12-19(11-17)15-25/h5-8,17-19,21H,2-4,9-15H2,1H3,(H,26,29)(H,27,30). The molecule has 1 aromatic rings. The molecule has 0 spiro atoms. The molecule has 6 heteroatoms. The monoisotopic (exact) mass is 423 g/mol. The van der Waals surface area contributed by atoms with Crippen molar-refractivity contribution >= 4 is 17.7 Å². The topological polar surface area (TPSA) is 78.5 Å². The van der Waals surface area contributed by atoms with Crippen LogP contribution in [0.1, 0.15) is 74.2 Å². The van der Waals surface area contributed by atoms with Crippen LogP contribution in [0.2, 0.25) is 0 Å². The highest BCUT2D eigenvalue weighted by molar-refractivity contribution is 5.96. The fourth-order valence-electron chi connectivity index (χ4n) is 7.13. The van der Waals surface area contributed by atoms with E-state index in [1.165, 1.54) is 19.3 Å². The van der Waals surface area contributed by atoms with E-state index in [1.54, 1.807) is 12.1 Å². The number of hydrogen-bond donors (Lipinski definition) is 2. The van der Waals surface area contributed by atoms with E-state index in [4.69, 9.17) is 0 Å². The highest BCUT2D eigenvalue weighted by atomic mass is 16.2. The lowest BCUT2D eigenvalue weighted by Gasteiger charge is -2.56. The van der Waals surface area contributed by atoms with E-state index in [0.717, 1.165) is 37.7 Å². The van der Waals surface area contributed by atoms with Gasteiger partial charge in [0.1, 0.15) is 6.04 Å². The lowest BCUT2D eigenvalue weighted by atomic mass is 9.49. The number of nitrogens with one attached hydrogen (secondary N) is 2. The van der Waals surface area contributed by atoms with Crippen LogP contribution < -0.4 is 10.9 Å². The second-order valence-corrected chi connectivity index (χ2v) is 10.3. The Morgan fingerprint density at radius 1 is 0.968 bits per heavy atom. The fraction of sp³-hybridized carbons (Fsp3) is 0.640. The van der Waals surface area contributed by atoms with E-state index in [9.17, 15) is 14.4 Å². The summed E-state index contributed by atoms with van der Waals surface area (Å²) in [5, 5.41) is 0. The summed E-state index contributed by atoms with van der Waals surface area (Å²) in [6, 6.07) is 6.87. The van der Waals surface area contributed by atoms with E-state index in [2.05, 4.69) is 17.8 Å². The first kappa shape index (κ1) is 20.5. The normalized spacial score (nSPS) is 33.4. The molecule has 1 saturated heterocycles. The van der Waals surface area contributed by atoms with Gasteiger partial charge in [0.15, 0.2) is 0 Å². The quantitative estimate of drug-likeness (QED) is 0.730. The Morgan fingerprint density at radius 3 is 2.16 bits per heavy atom. The Labute approximate surface area is 184 Å². The number of hydrazine groups is 1. The van der Waals surface area contributed by atoms with Gasteiger partial charge in [-0.15, -0.1) is 0 Å². The second-order valence-electron chi connectivity index (χ2n) is 10.3. The van der Waals surface area contributed by atoms with Crippen molar-refractivity contribution in [2.24, 2.45) is 23.2 Å². The minimum absolute atomic E-state index is 0.200. The van der Waals surface area contributed by atoms with Crippen molar-refractivity contribution in [2.75, 3.05) is 6.54 Å². The zero-order valence-electron chi connectivity index (χ0n) is 18.4. The Balaban J connectivity index is 1.22. The number of carbonyl (C=O) groups excluding carboxylic acids is 3. The lowest BCUT2D eigenvalue weighted by Crippen LogP contribution is -2.58. The van der Waals surface area contributed by atoms with Gasteiger partial charge in [-0.1, -0.05) is 19.1 Å². The molecule has 1 unspecified atom stereocenters. The molecule has 4 bridgehead atoms.